The summed E-state index contributed by atoms with van der Waals surface area (Å²) < 4.78 is 10.7. The van der Waals surface area contributed by atoms with Gasteiger partial charge in [0.2, 0.25) is 5.91 Å². The molecular formula is C15H23ClN2O3. The van der Waals surface area contributed by atoms with E-state index in [9.17, 15) is 4.79 Å². The minimum Gasteiger partial charge on any atom is -0.383 e. The Morgan fingerprint density at radius 3 is 2.86 bits per heavy atom. The molecule has 0 bridgehead atoms. The maximum absolute atomic E-state index is 11.9. The van der Waals surface area contributed by atoms with E-state index in [2.05, 4.69) is 10.6 Å². The Labute approximate surface area is 131 Å². The largest absolute Gasteiger partial charge is 0.383 e. The van der Waals surface area contributed by atoms with Crippen LogP contribution in [0.3, 0.4) is 0 Å². The lowest BCUT2D eigenvalue weighted by molar-refractivity contribution is -0.121. The number of halogens is 1. The molecule has 1 aliphatic rings. The molecular weight excluding hydrogens is 292 g/mol. The van der Waals surface area contributed by atoms with Crippen molar-refractivity contribution in [2.45, 2.75) is 18.6 Å². The summed E-state index contributed by atoms with van der Waals surface area (Å²) in [7, 11) is 1.64. The third-order valence-electron chi connectivity index (χ3n) is 3.33. The molecule has 2 unspecified atom stereocenters. The molecule has 0 spiro atoms. The smallest absolute Gasteiger partial charge is 0.234 e. The Bertz CT molecular complexity index is 417. The Balaban J connectivity index is 0.00000220. The molecule has 0 aliphatic carbocycles. The minimum absolute atomic E-state index is 0. The SMILES string of the molecule is COCCNCC(=O)NC1CCOC1c1ccccc1.Cl. The molecule has 2 rings (SSSR count). The highest BCUT2D eigenvalue weighted by molar-refractivity contribution is 5.85. The van der Waals surface area contributed by atoms with Gasteiger partial charge in [-0.25, -0.2) is 0 Å². The van der Waals surface area contributed by atoms with Crippen LogP contribution in [0.1, 0.15) is 18.1 Å². The van der Waals surface area contributed by atoms with Gasteiger partial charge in [-0.05, 0) is 12.0 Å². The third kappa shape index (κ3) is 5.63. The van der Waals surface area contributed by atoms with Crippen LogP contribution in [0, 0.1) is 0 Å². The van der Waals surface area contributed by atoms with Gasteiger partial charge in [-0.2, -0.15) is 0 Å². The van der Waals surface area contributed by atoms with Crippen molar-refractivity contribution in [2.24, 2.45) is 0 Å². The zero-order valence-electron chi connectivity index (χ0n) is 12.2. The van der Waals surface area contributed by atoms with Crippen LogP contribution in [0.4, 0.5) is 0 Å². The second-order valence-electron chi connectivity index (χ2n) is 4.83. The number of amides is 1. The molecule has 1 saturated heterocycles. The zero-order chi connectivity index (χ0) is 14.2. The molecule has 21 heavy (non-hydrogen) atoms. The molecule has 2 atom stereocenters. The summed E-state index contributed by atoms with van der Waals surface area (Å²) in [5.41, 5.74) is 1.11. The molecule has 0 saturated carbocycles. The van der Waals surface area contributed by atoms with Crippen LogP contribution in [0.15, 0.2) is 30.3 Å². The van der Waals surface area contributed by atoms with Crippen molar-refractivity contribution in [1.82, 2.24) is 10.6 Å². The molecule has 118 valence electrons. The summed E-state index contributed by atoms with van der Waals surface area (Å²) in [6.45, 7) is 2.27. The molecule has 5 nitrogen and oxygen atoms in total. The first kappa shape index (κ1) is 17.9. The van der Waals surface area contributed by atoms with Crippen molar-refractivity contribution in [3.8, 4) is 0 Å². The first-order valence-electron chi connectivity index (χ1n) is 6.97. The molecule has 0 aromatic heterocycles. The number of carbonyl (C=O) groups excluding carboxylic acids is 1. The number of ether oxygens (including phenoxy) is 2. The second-order valence-corrected chi connectivity index (χ2v) is 4.83. The Morgan fingerprint density at radius 2 is 2.14 bits per heavy atom. The van der Waals surface area contributed by atoms with Gasteiger partial charge < -0.3 is 20.1 Å². The summed E-state index contributed by atoms with van der Waals surface area (Å²) in [4.78, 5) is 11.9. The van der Waals surface area contributed by atoms with Crippen molar-refractivity contribution < 1.29 is 14.3 Å². The summed E-state index contributed by atoms with van der Waals surface area (Å²) in [5.74, 6) is -0.00228. The van der Waals surface area contributed by atoms with E-state index in [0.29, 0.717) is 26.3 Å². The molecule has 6 heteroatoms. The lowest BCUT2D eigenvalue weighted by atomic mass is 10.0. The van der Waals surface area contributed by atoms with Crippen molar-refractivity contribution in [2.75, 3.05) is 33.4 Å². The molecule has 2 N–H and O–H groups in total. The van der Waals surface area contributed by atoms with Gasteiger partial charge in [-0.15, -0.1) is 12.4 Å². The average Bonchev–Trinajstić information content (AvgIpc) is 2.92. The van der Waals surface area contributed by atoms with Crippen molar-refractivity contribution in [3.05, 3.63) is 35.9 Å². The fourth-order valence-electron chi connectivity index (χ4n) is 2.34. The fourth-order valence-corrected chi connectivity index (χ4v) is 2.34. The average molecular weight is 315 g/mol. The molecule has 1 aromatic carbocycles. The molecule has 1 aliphatic heterocycles. The van der Waals surface area contributed by atoms with Crippen LogP contribution in [0.2, 0.25) is 0 Å². The topological polar surface area (TPSA) is 59.6 Å². The van der Waals surface area contributed by atoms with Gasteiger partial charge in [0, 0.05) is 20.3 Å². The predicted molar refractivity (Wildman–Crippen MR) is 83.7 cm³/mol. The number of methoxy groups -OCH3 is 1. The van der Waals surface area contributed by atoms with Gasteiger partial charge in [-0.1, -0.05) is 30.3 Å². The van der Waals surface area contributed by atoms with E-state index in [1.165, 1.54) is 0 Å². The number of hydrogen-bond donors (Lipinski definition) is 2. The van der Waals surface area contributed by atoms with Crippen molar-refractivity contribution in [3.63, 3.8) is 0 Å². The Kier molecular flexibility index (Phi) is 8.30. The molecule has 1 aromatic rings. The van der Waals surface area contributed by atoms with Gasteiger partial charge in [-0.3, -0.25) is 4.79 Å². The highest BCUT2D eigenvalue weighted by Crippen LogP contribution is 2.28. The fraction of sp³-hybridized carbons (Fsp3) is 0.533. The standard InChI is InChI=1S/C15H22N2O3.ClH/c1-19-10-8-16-11-14(18)17-13-7-9-20-15(13)12-5-3-2-4-6-12;/h2-6,13,15-16H,7-11H2,1H3,(H,17,18);1H. The number of carbonyl (C=O) groups is 1. The normalized spacial score (nSPS) is 20.8. The lowest BCUT2D eigenvalue weighted by Gasteiger charge is -2.20. The molecule has 1 heterocycles. The van der Waals surface area contributed by atoms with E-state index >= 15 is 0 Å². The second kappa shape index (κ2) is 9.73. The maximum atomic E-state index is 11.9. The van der Waals surface area contributed by atoms with Crippen LogP contribution >= 0.6 is 12.4 Å². The van der Waals surface area contributed by atoms with E-state index in [1.807, 2.05) is 30.3 Å². The van der Waals surface area contributed by atoms with E-state index in [1.54, 1.807) is 7.11 Å². The van der Waals surface area contributed by atoms with Crippen LogP contribution in [-0.4, -0.2) is 45.4 Å². The third-order valence-corrected chi connectivity index (χ3v) is 3.33. The molecule has 1 fully saturated rings. The van der Waals surface area contributed by atoms with Crippen LogP contribution in [0.25, 0.3) is 0 Å². The first-order valence-corrected chi connectivity index (χ1v) is 6.97. The first-order chi connectivity index (χ1) is 9.81. The highest BCUT2D eigenvalue weighted by atomic mass is 35.5. The molecule has 0 radical (unpaired) electrons. The van der Waals surface area contributed by atoms with Gasteiger partial charge in [0.15, 0.2) is 0 Å². The van der Waals surface area contributed by atoms with Gasteiger partial charge in [0.25, 0.3) is 0 Å². The van der Waals surface area contributed by atoms with Gasteiger partial charge >= 0.3 is 0 Å². The summed E-state index contributed by atoms with van der Waals surface area (Å²) in [6, 6.07) is 10.1. The Hall–Kier alpha value is -1.14. The number of nitrogens with one attached hydrogen (secondary N) is 2. The van der Waals surface area contributed by atoms with Gasteiger partial charge in [0.05, 0.1) is 19.2 Å². The number of rotatable bonds is 7. The summed E-state index contributed by atoms with van der Waals surface area (Å²) in [6.07, 6.45) is 0.808. The number of benzene rings is 1. The highest BCUT2D eigenvalue weighted by Gasteiger charge is 2.30. The van der Waals surface area contributed by atoms with E-state index in [-0.39, 0.29) is 30.5 Å². The zero-order valence-corrected chi connectivity index (χ0v) is 13.0. The molecule has 1 amide bonds. The van der Waals surface area contributed by atoms with Crippen molar-refractivity contribution >= 4 is 18.3 Å². The monoisotopic (exact) mass is 314 g/mol. The summed E-state index contributed by atoms with van der Waals surface area (Å²) in [5, 5.41) is 6.07. The van der Waals surface area contributed by atoms with Crippen LogP contribution in [0.5, 0.6) is 0 Å². The summed E-state index contributed by atoms with van der Waals surface area (Å²) >= 11 is 0. The Morgan fingerprint density at radius 1 is 1.38 bits per heavy atom. The predicted octanol–water partition coefficient (Wildman–Crippen LogP) is 1.29. The van der Waals surface area contributed by atoms with Crippen LogP contribution in [-0.2, 0) is 14.3 Å². The van der Waals surface area contributed by atoms with E-state index in [0.717, 1.165) is 12.0 Å². The quantitative estimate of drug-likeness (QED) is 0.745. The van der Waals surface area contributed by atoms with Crippen molar-refractivity contribution in [1.29, 1.82) is 0 Å². The number of hydrogen-bond acceptors (Lipinski definition) is 4. The maximum Gasteiger partial charge on any atom is 0.234 e. The minimum atomic E-state index is -0.0425. The van der Waals surface area contributed by atoms with E-state index < -0.39 is 0 Å². The lowest BCUT2D eigenvalue weighted by Crippen LogP contribution is -2.42. The van der Waals surface area contributed by atoms with Crippen LogP contribution < -0.4 is 10.6 Å². The van der Waals surface area contributed by atoms with E-state index in [4.69, 9.17) is 9.47 Å². The van der Waals surface area contributed by atoms with Gasteiger partial charge in [0.1, 0.15) is 6.10 Å².